The first-order valence-electron chi connectivity index (χ1n) is 7.02. The smallest absolute Gasteiger partial charge is 0.122 e. The van der Waals surface area contributed by atoms with Gasteiger partial charge in [-0.25, -0.2) is 0 Å². The highest BCUT2D eigenvalue weighted by atomic mass is 79.9. The molecule has 0 heterocycles. The monoisotopic (exact) mass is 365 g/mol. The summed E-state index contributed by atoms with van der Waals surface area (Å²) >= 11 is 9.67. The zero-order valence-electron chi connectivity index (χ0n) is 11.8. The minimum atomic E-state index is 0.471. The molecule has 1 fully saturated rings. The summed E-state index contributed by atoms with van der Waals surface area (Å²) in [6, 6.07) is 14.7. The van der Waals surface area contributed by atoms with E-state index in [1.165, 1.54) is 5.56 Å². The third-order valence-electron chi connectivity index (χ3n) is 4.01. The predicted molar refractivity (Wildman–Crippen MR) is 91.5 cm³/mol. The molecule has 0 atom stereocenters. The minimum absolute atomic E-state index is 0.471. The van der Waals surface area contributed by atoms with Gasteiger partial charge in [-0.1, -0.05) is 45.7 Å². The number of rotatable bonds is 4. The lowest BCUT2D eigenvalue weighted by molar-refractivity contribution is 0.350. The Labute approximate surface area is 138 Å². The normalized spacial score (nSPS) is 20.7. The minimum Gasteiger partial charge on any atom is -0.496 e. The van der Waals surface area contributed by atoms with Crippen LogP contribution >= 0.6 is 27.5 Å². The van der Waals surface area contributed by atoms with Crippen LogP contribution in [-0.2, 0) is 0 Å². The van der Waals surface area contributed by atoms with Gasteiger partial charge < -0.3 is 10.1 Å². The maximum atomic E-state index is 6.24. The zero-order valence-corrected chi connectivity index (χ0v) is 14.1. The molecule has 1 aliphatic carbocycles. The number of halogens is 2. The Kier molecular flexibility index (Phi) is 4.41. The Morgan fingerprint density at radius 2 is 1.95 bits per heavy atom. The van der Waals surface area contributed by atoms with E-state index in [9.17, 15) is 0 Å². The summed E-state index contributed by atoms with van der Waals surface area (Å²) in [5.74, 6) is 1.55. The topological polar surface area (TPSA) is 21.3 Å². The molecular formula is C17H17BrClNO. The van der Waals surface area contributed by atoms with E-state index in [0.717, 1.165) is 33.8 Å². The lowest BCUT2D eigenvalue weighted by Crippen LogP contribution is -2.34. The van der Waals surface area contributed by atoms with Crippen LogP contribution in [0, 0.1) is 0 Å². The van der Waals surface area contributed by atoms with Crippen molar-refractivity contribution in [3.8, 4) is 5.75 Å². The number of hydrogen-bond acceptors (Lipinski definition) is 2. The molecule has 0 radical (unpaired) electrons. The van der Waals surface area contributed by atoms with Gasteiger partial charge in [-0.3, -0.25) is 0 Å². The van der Waals surface area contributed by atoms with Crippen LogP contribution in [0.5, 0.6) is 5.75 Å². The molecule has 3 rings (SSSR count). The van der Waals surface area contributed by atoms with Crippen molar-refractivity contribution < 1.29 is 4.74 Å². The fourth-order valence-corrected chi connectivity index (χ4v) is 3.55. The molecular weight excluding hydrogens is 350 g/mol. The molecule has 0 spiro atoms. The van der Waals surface area contributed by atoms with E-state index in [0.29, 0.717) is 12.0 Å². The second-order valence-corrected chi connectivity index (χ2v) is 6.70. The lowest BCUT2D eigenvalue weighted by Gasteiger charge is -2.37. The summed E-state index contributed by atoms with van der Waals surface area (Å²) in [6.07, 6.45) is 2.21. The summed E-state index contributed by atoms with van der Waals surface area (Å²) in [5, 5.41) is 4.27. The predicted octanol–water partition coefficient (Wildman–Crippen LogP) is 5.47. The van der Waals surface area contributed by atoms with E-state index < -0.39 is 0 Å². The fourth-order valence-electron chi connectivity index (χ4n) is 2.82. The number of methoxy groups -OCH3 is 1. The fraction of sp³-hybridized carbons (Fsp3) is 0.294. The van der Waals surface area contributed by atoms with Crippen LogP contribution in [-0.4, -0.2) is 13.2 Å². The molecule has 4 heteroatoms. The summed E-state index contributed by atoms with van der Waals surface area (Å²) < 4.78 is 6.44. The number of ether oxygens (including phenoxy) is 1. The zero-order chi connectivity index (χ0) is 14.8. The maximum Gasteiger partial charge on any atom is 0.122 e. The van der Waals surface area contributed by atoms with Crippen LogP contribution in [0.15, 0.2) is 46.9 Å². The molecule has 0 aliphatic heterocycles. The highest BCUT2D eigenvalue weighted by molar-refractivity contribution is 9.10. The van der Waals surface area contributed by atoms with Gasteiger partial charge in [-0.05, 0) is 48.6 Å². The molecule has 1 N–H and O–H groups in total. The summed E-state index contributed by atoms with van der Waals surface area (Å²) in [4.78, 5) is 0. The van der Waals surface area contributed by atoms with Crippen LogP contribution in [0.25, 0.3) is 0 Å². The Hall–Kier alpha value is -1.19. The molecule has 0 saturated heterocycles. The van der Waals surface area contributed by atoms with E-state index in [4.69, 9.17) is 16.3 Å². The van der Waals surface area contributed by atoms with Gasteiger partial charge in [0.1, 0.15) is 5.75 Å². The molecule has 2 aromatic rings. The van der Waals surface area contributed by atoms with E-state index >= 15 is 0 Å². The number of benzene rings is 2. The number of hydrogen-bond donors (Lipinski definition) is 1. The van der Waals surface area contributed by atoms with E-state index in [2.05, 4.69) is 33.4 Å². The summed E-state index contributed by atoms with van der Waals surface area (Å²) in [6.45, 7) is 0. The molecule has 110 valence electrons. The second-order valence-electron chi connectivity index (χ2n) is 5.38. The van der Waals surface area contributed by atoms with Crippen LogP contribution in [0.3, 0.4) is 0 Å². The summed E-state index contributed by atoms with van der Waals surface area (Å²) in [5.41, 5.74) is 2.31. The maximum absolute atomic E-state index is 6.24. The average molecular weight is 367 g/mol. The number of nitrogens with one attached hydrogen (secondary N) is 1. The van der Waals surface area contributed by atoms with Gasteiger partial charge in [0.05, 0.1) is 17.8 Å². The van der Waals surface area contributed by atoms with Crippen molar-refractivity contribution in [2.24, 2.45) is 0 Å². The molecule has 2 nitrogen and oxygen atoms in total. The van der Waals surface area contributed by atoms with Crippen LogP contribution in [0.4, 0.5) is 5.69 Å². The van der Waals surface area contributed by atoms with Crippen molar-refractivity contribution in [3.63, 3.8) is 0 Å². The van der Waals surface area contributed by atoms with Crippen molar-refractivity contribution in [1.82, 2.24) is 0 Å². The van der Waals surface area contributed by atoms with Crippen molar-refractivity contribution in [1.29, 1.82) is 0 Å². The molecule has 0 unspecified atom stereocenters. The Balaban J connectivity index is 1.63. The number of anilines is 1. The van der Waals surface area contributed by atoms with Crippen LogP contribution < -0.4 is 10.1 Å². The molecule has 0 bridgehead atoms. The molecule has 0 aromatic heterocycles. The first-order chi connectivity index (χ1) is 10.2. The van der Waals surface area contributed by atoms with Crippen molar-refractivity contribution in [2.75, 3.05) is 12.4 Å². The third kappa shape index (κ3) is 3.19. The standard InChI is InChI=1S/C17H17BrClNO/c1-21-17-5-3-2-4-14(17)11-8-13(9-11)20-16-7-6-12(18)10-15(16)19/h2-7,10-11,13,20H,8-9H2,1H3. The Morgan fingerprint density at radius 1 is 1.19 bits per heavy atom. The highest BCUT2D eigenvalue weighted by Crippen LogP contribution is 2.42. The Bertz CT molecular complexity index is 640. The van der Waals surface area contributed by atoms with Crippen molar-refractivity contribution in [2.45, 2.75) is 24.8 Å². The molecule has 1 aliphatic rings. The summed E-state index contributed by atoms with van der Waals surface area (Å²) in [7, 11) is 1.73. The SMILES string of the molecule is COc1ccccc1C1CC(Nc2ccc(Br)cc2Cl)C1. The van der Waals surface area contributed by atoms with E-state index in [1.807, 2.05) is 30.3 Å². The molecule has 0 amide bonds. The van der Waals surface area contributed by atoms with E-state index in [-0.39, 0.29) is 0 Å². The first kappa shape index (κ1) is 14.7. The van der Waals surface area contributed by atoms with Gasteiger partial charge in [-0.2, -0.15) is 0 Å². The molecule has 1 saturated carbocycles. The van der Waals surface area contributed by atoms with E-state index in [1.54, 1.807) is 7.11 Å². The van der Waals surface area contributed by atoms with Crippen LogP contribution in [0.2, 0.25) is 5.02 Å². The molecule has 2 aromatic carbocycles. The van der Waals surface area contributed by atoms with Crippen LogP contribution in [0.1, 0.15) is 24.3 Å². The lowest BCUT2D eigenvalue weighted by atomic mass is 9.75. The third-order valence-corrected chi connectivity index (χ3v) is 4.81. The second kappa shape index (κ2) is 6.29. The largest absolute Gasteiger partial charge is 0.496 e. The quantitative estimate of drug-likeness (QED) is 0.774. The van der Waals surface area contributed by atoms with Gasteiger partial charge in [0.15, 0.2) is 0 Å². The van der Waals surface area contributed by atoms with Gasteiger partial charge in [0.2, 0.25) is 0 Å². The molecule has 21 heavy (non-hydrogen) atoms. The van der Waals surface area contributed by atoms with Gasteiger partial charge in [0.25, 0.3) is 0 Å². The number of para-hydroxylation sites is 1. The Morgan fingerprint density at radius 3 is 2.67 bits per heavy atom. The highest BCUT2D eigenvalue weighted by Gasteiger charge is 2.32. The van der Waals surface area contributed by atoms with Gasteiger partial charge >= 0.3 is 0 Å². The average Bonchev–Trinajstić information content (AvgIpc) is 2.44. The van der Waals surface area contributed by atoms with Crippen molar-refractivity contribution >= 4 is 33.2 Å². The van der Waals surface area contributed by atoms with Crippen molar-refractivity contribution in [3.05, 3.63) is 57.5 Å². The first-order valence-corrected chi connectivity index (χ1v) is 8.19. The van der Waals surface area contributed by atoms with Gasteiger partial charge in [0, 0.05) is 10.5 Å². The van der Waals surface area contributed by atoms with Gasteiger partial charge in [-0.15, -0.1) is 0 Å².